The number of hydrogen-bond acceptors (Lipinski definition) is 1. The summed E-state index contributed by atoms with van der Waals surface area (Å²) in [5, 5.41) is 0. The molecule has 17 heavy (non-hydrogen) atoms. The van der Waals surface area contributed by atoms with E-state index in [1.54, 1.807) is 0 Å². The zero-order valence-corrected chi connectivity index (χ0v) is 12.0. The van der Waals surface area contributed by atoms with E-state index in [0.29, 0.717) is 12.2 Å². The van der Waals surface area contributed by atoms with Crippen LogP contribution in [0.15, 0.2) is 30.3 Å². The second-order valence-electron chi connectivity index (χ2n) is 4.91. The normalized spacial score (nSPS) is 10.8. The Morgan fingerprint density at radius 3 is 2.29 bits per heavy atom. The maximum Gasteiger partial charge on any atom is 0.162 e. The van der Waals surface area contributed by atoms with Gasteiger partial charge in [0.2, 0.25) is 0 Å². The van der Waals surface area contributed by atoms with Gasteiger partial charge in [-0.3, -0.25) is 4.79 Å². The summed E-state index contributed by atoms with van der Waals surface area (Å²) in [4.78, 5) is 11.8. The molecule has 0 bridgehead atoms. The molecule has 1 nitrogen and oxygen atoms in total. The lowest BCUT2D eigenvalue weighted by molar-refractivity contribution is 0.0979. The van der Waals surface area contributed by atoms with Gasteiger partial charge in [0.25, 0.3) is 0 Å². The summed E-state index contributed by atoms with van der Waals surface area (Å²) in [6.45, 7) is 4.73. The minimum atomic E-state index is -0.0473. The zero-order valence-electron chi connectivity index (χ0n) is 11.0. The molecule has 2 heteroatoms. The fraction of sp³-hybridized carbons (Fsp3) is 0.533. The third-order valence-electron chi connectivity index (χ3n) is 2.93. The van der Waals surface area contributed by atoms with Gasteiger partial charge in [-0.15, -0.1) is 0 Å². The third kappa shape index (κ3) is 6.42. The highest BCUT2D eigenvalue weighted by atomic mass is 28.3. The smallest absolute Gasteiger partial charge is 0.162 e. The van der Waals surface area contributed by atoms with Gasteiger partial charge < -0.3 is 0 Å². The minimum Gasteiger partial charge on any atom is -0.294 e. The van der Waals surface area contributed by atoms with Crippen molar-refractivity contribution in [2.75, 3.05) is 0 Å². The van der Waals surface area contributed by atoms with Crippen molar-refractivity contribution in [3.05, 3.63) is 35.9 Å². The first-order chi connectivity index (χ1) is 8.20. The molecule has 0 heterocycles. The lowest BCUT2D eigenvalue weighted by Crippen LogP contribution is -1.99. The highest BCUT2D eigenvalue weighted by molar-refractivity contribution is 6.55. The van der Waals surface area contributed by atoms with Crippen LogP contribution in [0.5, 0.6) is 0 Å². The van der Waals surface area contributed by atoms with Crippen LogP contribution in [0.25, 0.3) is 0 Å². The minimum absolute atomic E-state index is 0.0473. The van der Waals surface area contributed by atoms with Gasteiger partial charge >= 0.3 is 0 Å². The lowest BCUT2D eigenvalue weighted by Gasteiger charge is -2.03. The van der Waals surface area contributed by atoms with Crippen LogP contribution < -0.4 is 0 Å². The van der Waals surface area contributed by atoms with E-state index in [0.717, 1.165) is 12.0 Å². The Bertz CT molecular complexity index is 319. The monoisotopic (exact) mass is 247 g/mol. The van der Waals surface area contributed by atoms with E-state index in [-0.39, 0.29) is 8.80 Å². The molecule has 0 saturated carbocycles. The molecule has 0 atom stereocenters. The Labute approximate surface area is 107 Å². The van der Waals surface area contributed by atoms with E-state index < -0.39 is 0 Å². The average Bonchev–Trinajstić information content (AvgIpc) is 2.34. The van der Waals surface area contributed by atoms with E-state index in [1.807, 2.05) is 30.3 Å². The van der Waals surface area contributed by atoms with Crippen LogP contribution in [0.1, 0.15) is 42.5 Å². The number of unbranched alkanes of at least 4 members (excludes halogenated alkanes) is 3. The van der Waals surface area contributed by atoms with Crippen LogP contribution in [-0.2, 0) is 0 Å². The van der Waals surface area contributed by atoms with Crippen LogP contribution in [0.2, 0.25) is 19.1 Å². The number of carbonyl (C=O) groups excluding carboxylic acids is 1. The SMILES string of the molecule is C[Si](C)CCCCCCC(=O)c1ccccc1. The molecule has 0 fully saturated rings. The topological polar surface area (TPSA) is 17.1 Å². The van der Waals surface area contributed by atoms with Gasteiger partial charge in [-0.1, -0.05) is 68.7 Å². The molecule has 0 spiro atoms. The van der Waals surface area contributed by atoms with Gasteiger partial charge in [-0.25, -0.2) is 0 Å². The van der Waals surface area contributed by atoms with Crippen molar-refractivity contribution >= 4 is 14.6 Å². The summed E-state index contributed by atoms with van der Waals surface area (Å²) in [5.74, 6) is 0.293. The van der Waals surface area contributed by atoms with Crippen LogP contribution >= 0.6 is 0 Å². The van der Waals surface area contributed by atoms with Gasteiger partial charge in [-0.05, 0) is 6.42 Å². The Balaban J connectivity index is 2.09. The summed E-state index contributed by atoms with van der Waals surface area (Å²) in [5.41, 5.74) is 0.861. The number of carbonyl (C=O) groups is 1. The van der Waals surface area contributed by atoms with E-state index in [1.165, 1.54) is 25.3 Å². The molecule has 1 aromatic rings. The quantitative estimate of drug-likeness (QED) is 0.373. The molecular weight excluding hydrogens is 224 g/mol. The van der Waals surface area contributed by atoms with Crippen LogP contribution in [0, 0.1) is 0 Å². The fourth-order valence-electron chi connectivity index (χ4n) is 1.89. The third-order valence-corrected chi connectivity index (χ3v) is 4.28. The van der Waals surface area contributed by atoms with Crippen molar-refractivity contribution < 1.29 is 4.79 Å². The highest BCUT2D eigenvalue weighted by Crippen LogP contribution is 2.11. The largest absolute Gasteiger partial charge is 0.294 e. The van der Waals surface area contributed by atoms with Gasteiger partial charge in [-0.2, -0.15) is 0 Å². The summed E-state index contributed by atoms with van der Waals surface area (Å²) in [6.07, 6.45) is 5.59. The molecule has 1 rings (SSSR count). The molecular formula is C15H23OSi. The van der Waals surface area contributed by atoms with Gasteiger partial charge in [0.15, 0.2) is 5.78 Å². The number of Topliss-reactive ketones (excluding diaryl/α,β-unsaturated/α-hetero) is 1. The summed E-state index contributed by atoms with van der Waals surface area (Å²) >= 11 is 0. The summed E-state index contributed by atoms with van der Waals surface area (Å²) in [6, 6.07) is 11.0. The van der Waals surface area contributed by atoms with Crippen molar-refractivity contribution in [1.29, 1.82) is 0 Å². The molecule has 0 aliphatic rings. The first kappa shape index (κ1) is 14.2. The second-order valence-corrected chi connectivity index (χ2v) is 7.82. The number of rotatable bonds is 8. The average molecular weight is 247 g/mol. The first-order valence-corrected chi connectivity index (χ1v) is 9.28. The van der Waals surface area contributed by atoms with Crippen molar-refractivity contribution in [1.82, 2.24) is 0 Å². The highest BCUT2D eigenvalue weighted by Gasteiger charge is 2.04. The van der Waals surface area contributed by atoms with Crippen molar-refractivity contribution in [2.45, 2.75) is 51.2 Å². The Morgan fingerprint density at radius 2 is 1.65 bits per heavy atom. The predicted octanol–water partition coefficient (Wildman–Crippen LogP) is 4.57. The van der Waals surface area contributed by atoms with E-state index in [2.05, 4.69) is 13.1 Å². The van der Waals surface area contributed by atoms with Gasteiger partial charge in [0.1, 0.15) is 0 Å². The van der Waals surface area contributed by atoms with Crippen molar-refractivity contribution in [3.8, 4) is 0 Å². The molecule has 0 aliphatic heterocycles. The standard InChI is InChI=1S/C15H23OSi/c1-17(2)13-9-4-3-8-12-15(16)14-10-6-5-7-11-14/h5-7,10-11H,3-4,8-9,12-13H2,1-2H3. The fourth-order valence-corrected chi connectivity index (χ4v) is 2.84. The van der Waals surface area contributed by atoms with E-state index >= 15 is 0 Å². The van der Waals surface area contributed by atoms with Crippen LogP contribution in [0.4, 0.5) is 0 Å². The van der Waals surface area contributed by atoms with Gasteiger partial charge in [0, 0.05) is 20.8 Å². The lowest BCUT2D eigenvalue weighted by atomic mass is 10.0. The number of hydrogen-bond donors (Lipinski definition) is 0. The molecule has 0 unspecified atom stereocenters. The predicted molar refractivity (Wildman–Crippen MR) is 76.1 cm³/mol. The van der Waals surface area contributed by atoms with E-state index in [9.17, 15) is 4.79 Å². The van der Waals surface area contributed by atoms with Crippen molar-refractivity contribution in [2.24, 2.45) is 0 Å². The zero-order chi connectivity index (χ0) is 12.5. The van der Waals surface area contributed by atoms with Gasteiger partial charge in [0.05, 0.1) is 0 Å². The summed E-state index contributed by atoms with van der Waals surface area (Å²) < 4.78 is 0. The maximum atomic E-state index is 11.8. The molecule has 0 aliphatic carbocycles. The maximum absolute atomic E-state index is 11.8. The number of benzene rings is 1. The molecule has 1 aromatic carbocycles. The molecule has 0 saturated heterocycles. The molecule has 0 aromatic heterocycles. The second kappa shape index (κ2) is 8.23. The molecule has 0 N–H and O–H groups in total. The Hall–Kier alpha value is -0.893. The first-order valence-electron chi connectivity index (χ1n) is 6.57. The molecule has 0 amide bonds. The van der Waals surface area contributed by atoms with Crippen LogP contribution in [-0.4, -0.2) is 14.6 Å². The van der Waals surface area contributed by atoms with E-state index in [4.69, 9.17) is 0 Å². The van der Waals surface area contributed by atoms with Crippen LogP contribution in [0.3, 0.4) is 0 Å². The molecule has 1 radical (unpaired) electrons. The number of ketones is 1. The van der Waals surface area contributed by atoms with Crippen molar-refractivity contribution in [3.63, 3.8) is 0 Å². The molecule has 93 valence electrons. The summed E-state index contributed by atoms with van der Waals surface area (Å²) in [7, 11) is -0.0473. The Kier molecular flexibility index (Phi) is 6.86. The Morgan fingerprint density at radius 1 is 1.00 bits per heavy atom.